The molecule has 6 nitrogen and oxygen atoms in total. The van der Waals surface area contributed by atoms with E-state index in [0.717, 1.165) is 40.3 Å². The number of aryl methyl sites for hydroxylation is 2. The molecule has 206 valence electrons. The molecule has 2 atom stereocenters. The number of nitrogens with zero attached hydrogens (tertiary/aromatic N) is 3. The fourth-order valence-electron chi connectivity index (χ4n) is 4.98. The zero-order valence-electron chi connectivity index (χ0n) is 21.9. The minimum Gasteiger partial charge on any atom is -0.352 e. The zero-order valence-corrected chi connectivity index (χ0v) is 22.8. The number of thiocarbonyl (C=S) groups is 1. The molecule has 2 aromatic heterocycles. The number of aromatic nitrogens is 2. The van der Waals surface area contributed by atoms with Crippen molar-refractivity contribution in [2.45, 2.75) is 38.5 Å². The molecule has 1 fully saturated rings. The first-order valence-corrected chi connectivity index (χ1v) is 13.2. The summed E-state index contributed by atoms with van der Waals surface area (Å²) in [6.07, 6.45) is -0.896. The highest BCUT2D eigenvalue weighted by molar-refractivity contribution is 7.80. The number of hydrogen-bond acceptors (Lipinski definition) is 3. The summed E-state index contributed by atoms with van der Waals surface area (Å²) in [7, 11) is 0. The van der Waals surface area contributed by atoms with Crippen LogP contribution in [-0.4, -0.2) is 32.0 Å². The maximum atomic E-state index is 13.5. The predicted octanol–water partition coefficient (Wildman–Crippen LogP) is 6.51. The van der Waals surface area contributed by atoms with Crippen molar-refractivity contribution in [1.82, 2.24) is 19.8 Å². The Morgan fingerprint density at radius 2 is 1.88 bits per heavy atom. The Morgan fingerprint density at radius 3 is 2.62 bits per heavy atom. The van der Waals surface area contributed by atoms with E-state index < -0.39 is 17.8 Å². The van der Waals surface area contributed by atoms with Crippen LogP contribution in [0.25, 0.3) is 5.69 Å². The van der Waals surface area contributed by atoms with Gasteiger partial charge in [-0.15, -0.1) is 0 Å². The Morgan fingerprint density at radius 1 is 1.05 bits per heavy atom. The van der Waals surface area contributed by atoms with E-state index in [1.165, 1.54) is 6.07 Å². The van der Waals surface area contributed by atoms with Crippen molar-refractivity contribution < 1.29 is 18.0 Å². The number of carbonyl (C=O) groups excluding carboxylic acids is 1. The van der Waals surface area contributed by atoms with Crippen LogP contribution in [0.3, 0.4) is 0 Å². The lowest BCUT2D eigenvalue weighted by molar-refractivity contribution is -0.137. The lowest BCUT2D eigenvalue weighted by Gasteiger charge is -2.29. The highest BCUT2D eigenvalue weighted by atomic mass is 32.1. The molecule has 0 radical (unpaired) electrons. The van der Waals surface area contributed by atoms with E-state index in [0.29, 0.717) is 17.3 Å². The second-order valence-corrected chi connectivity index (χ2v) is 10.2. The van der Waals surface area contributed by atoms with Crippen LogP contribution in [0.4, 0.5) is 18.9 Å². The number of anilines is 1. The van der Waals surface area contributed by atoms with Gasteiger partial charge in [0.25, 0.3) is 0 Å². The molecule has 0 unspecified atom stereocenters. The van der Waals surface area contributed by atoms with Gasteiger partial charge in [-0.25, -0.2) is 0 Å². The highest BCUT2D eigenvalue weighted by Crippen LogP contribution is 2.40. The summed E-state index contributed by atoms with van der Waals surface area (Å²) < 4.78 is 42.2. The van der Waals surface area contributed by atoms with E-state index in [-0.39, 0.29) is 18.4 Å². The van der Waals surface area contributed by atoms with Crippen molar-refractivity contribution >= 4 is 28.9 Å². The van der Waals surface area contributed by atoms with Gasteiger partial charge in [-0.05, 0) is 85.7 Å². The molecule has 1 aliphatic heterocycles. The second-order valence-electron chi connectivity index (χ2n) is 9.79. The topological polar surface area (TPSA) is 62.2 Å². The maximum Gasteiger partial charge on any atom is 0.416 e. The molecule has 2 aromatic carbocycles. The van der Waals surface area contributed by atoms with Crippen LogP contribution >= 0.6 is 12.2 Å². The summed E-state index contributed by atoms with van der Waals surface area (Å²) in [5.41, 5.74) is 3.86. The average Bonchev–Trinajstić information content (AvgIpc) is 3.54. The van der Waals surface area contributed by atoms with Gasteiger partial charge in [-0.2, -0.15) is 13.2 Å². The molecule has 4 aromatic rings. The number of pyridine rings is 1. The van der Waals surface area contributed by atoms with Crippen LogP contribution in [0.2, 0.25) is 0 Å². The average molecular weight is 564 g/mol. The van der Waals surface area contributed by atoms with Gasteiger partial charge in [0.2, 0.25) is 5.91 Å². The van der Waals surface area contributed by atoms with Gasteiger partial charge in [0.05, 0.1) is 23.3 Å². The minimum atomic E-state index is -4.47. The van der Waals surface area contributed by atoms with Crippen molar-refractivity contribution in [2.75, 3.05) is 11.9 Å². The van der Waals surface area contributed by atoms with E-state index in [2.05, 4.69) is 15.6 Å². The molecule has 10 heteroatoms. The smallest absolute Gasteiger partial charge is 0.352 e. The summed E-state index contributed by atoms with van der Waals surface area (Å²) >= 11 is 5.72. The molecule has 1 amide bonds. The largest absolute Gasteiger partial charge is 0.416 e. The van der Waals surface area contributed by atoms with Crippen LogP contribution in [0.5, 0.6) is 0 Å². The van der Waals surface area contributed by atoms with Gasteiger partial charge in [-0.1, -0.05) is 24.3 Å². The molecule has 0 spiro atoms. The van der Waals surface area contributed by atoms with Gasteiger partial charge in [-0.3, -0.25) is 9.78 Å². The molecule has 1 aliphatic rings. The van der Waals surface area contributed by atoms with Gasteiger partial charge in [0.15, 0.2) is 5.11 Å². The van der Waals surface area contributed by atoms with Gasteiger partial charge >= 0.3 is 6.18 Å². The Kier molecular flexibility index (Phi) is 7.62. The van der Waals surface area contributed by atoms with Gasteiger partial charge in [0.1, 0.15) is 0 Å². The van der Waals surface area contributed by atoms with E-state index in [9.17, 15) is 18.0 Å². The van der Waals surface area contributed by atoms with E-state index in [1.54, 1.807) is 29.1 Å². The molecule has 2 N–H and O–H groups in total. The number of halogens is 3. The SMILES string of the molecule is Cc1ccc(C)c(NC(=O)CCN2C(=S)N[C@H](c3ccccn3)[C@@H]2c2cccn2-c2cccc(C(F)(F)F)c2)c1. The zero-order chi connectivity index (χ0) is 28.4. The van der Waals surface area contributed by atoms with E-state index >= 15 is 0 Å². The molecule has 0 saturated carbocycles. The van der Waals surface area contributed by atoms with E-state index in [4.69, 9.17) is 12.2 Å². The van der Waals surface area contributed by atoms with Crippen molar-refractivity contribution in [2.24, 2.45) is 0 Å². The Labute approximate surface area is 235 Å². The molecular formula is C30H28F3N5OS. The first-order valence-electron chi connectivity index (χ1n) is 12.8. The summed E-state index contributed by atoms with van der Waals surface area (Å²) in [5.74, 6) is -0.162. The number of nitrogens with one attached hydrogen (secondary N) is 2. The lowest BCUT2D eigenvalue weighted by Crippen LogP contribution is -2.33. The van der Waals surface area contributed by atoms with Crippen LogP contribution < -0.4 is 10.6 Å². The number of alkyl halides is 3. The Balaban J connectivity index is 1.46. The highest BCUT2D eigenvalue weighted by Gasteiger charge is 2.41. The third kappa shape index (κ3) is 5.72. The number of carbonyl (C=O) groups is 1. The Bertz CT molecular complexity index is 1540. The van der Waals surface area contributed by atoms with Crippen molar-refractivity contribution in [1.29, 1.82) is 0 Å². The summed E-state index contributed by atoms with van der Waals surface area (Å²) in [5, 5.41) is 6.76. The third-order valence-corrected chi connectivity index (χ3v) is 7.33. The monoisotopic (exact) mass is 563 g/mol. The van der Waals surface area contributed by atoms with E-state index in [1.807, 2.05) is 61.2 Å². The normalized spacial score (nSPS) is 17.1. The standard InChI is InChI=1S/C30H28F3N5OS/c1-19-11-12-20(2)24(17-19)35-26(39)13-16-38-28(27(36-29(38)40)23-9-3-4-14-34-23)25-10-6-15-37(25)22-8-5-7-21(18-22)30(31,32)33/h3-12,14-15,17-18,27-28H,13,16H2,1-2H3,(H,35,39)(H,36,40)/t27-,28+/m1/s1. The van der Waals surface area contributed by atoms with Crippen LogP contribution in [0.1, 0.15) is 46.6 Å². The number of rotatable bonds is 7. The Hall–Kier alpha value is -4.18. The summed E-state index contributed by atoms with van der Waals surface area (Å²) in [4.78, 5) is 19.4. The molecule has 40 heavy (non-hydrogen) atoms. The van der Waals surface area contributed by atoms with Crippen LogP contribution in [0, 0.1) is 13.8 Å². The van der Waals surface area contributed by atoms with Crippen LogP contribution in [0.15, 0.2) is 85.2 Å². The van der Waals surface area contributed by atoms with Gasteiger partial charge < -0.3 is 20.1 Å². The molecule has 5 rings (SSSR count). The maximum absolute atomic E-state index is 13.5. The number of hydrogen-bond donors (Lipinski definition) is 2. The predicted molar refractivity (Wildman–Crippen MR) is 152 cm³/mol. The minimum absolute atomic E-state index is 0.158. The van der Waals surface area contributed by atoms with Crippen molar-refractivity contribution in [3.05, 3.63) is 113 Å². The molecule has 3 heterocycles. The molecule has 1 saturated heterocycles. The van der Waals surface area contributed by atoms with Crippen LogP contribution in [-0.2, 0) is 11.0 Å². The number of amides is 1. The first-order chi connectivity index (χ1) is 19.1. The third-order valence-electron chi connectivity index (χ3n) is 6.98. The number of benzene rings is 2. The molecule has 0 aliphatic carbocycles. The summed E-state index contributed by atoms with van der Waals surface area (Å²) in [6, 6.07) is 19.5. The lowest BCUT2D eigenvalue weighted by atomic mass is 10.0. The van der Waals surface area contributed by atoms with Gasteiger partial charge in [0, 0.05) is 42.4 Å². The molecule has 0 bridgehead atoms. The quantitative estimate of drug-likeness (QED) is 0.251. The molecular weight excluding hydrogens is 535 g/mol. The van der Waals surface area contributed by atoms with Crippen molar-refractivity contribution in [3.63, 3.8) is 0 Å². The fraction of sp³-hybridized carbons (Fsp3) is 0.233. The first kappa shape index (κ1) is 27.4. The second kappa shape index (κ2) is 11.1. The van der Waals surface area contributed by atoms with Crippen molar-refractivity contribution in [3.8, 4) is 5.69 Å². The summed E-state index contributed by atoms with van der Waals surface area (Å²) in [6.45, 7) is 4.19. The fourth-order valence-corrected chi connectivity index (χ4v) is 5.31.